The van der Waals surface area contributed by atoms with Crippen LogP contribution < -0.4 is 10.1 Å². The summed E-state index contributed by atoms with van der Waals surface area (Å²) in [4.78, 5) is 24.7. The van der Waals surface area contributed by atoms with Crippen molar-refractivity contribution in [1.29, 1.82) is 0 Å². The second-order valence-corrected chi connectivity index (χ2v) is 6.07. The van der Waals surface area contributed by atoms with Crippen LogP contribution in [-0.4, -0.2) is 38.4 Å². The Morgan fingerprint density at radius 2 is 1.80 bits per heavy atom. The van der Waals surface area contributed by atoms with Crippen LogP contribution in [0.3, 0.4) is 0 Å². The van der Waals surface area contributed by atoms with Gasteiger partial charge in [0.1, 0.15) is 5.75 Å². The summed E-state index contributed by atoms with van der Waals surface area (Å²) in [5, 5.41) is 2.74. The Balaban J connectivity index is 1.73. The molecule has 0 saturated carbocycles. The first kappa shape index (κ1) is 18.9. The van der Waals surface area contributed by atoms with E-state index in [1.54, 1.807) is 19.2 Å². The van der Waals surface area contributed by atoms with Gasteiger partial charge in [-0.15, -0.1) is 11.8 Å². The van der Waals surface area contributed by atoms with Gasteiger partial charge in [0.15, 0.2) is 6.61 Å². The fraction of sp³-hybridized carbons (Fsp3) is 0.263. The van der Waals surface area contributed by atoms with E-state index in [9.17, 15) is 9.59 Å². The van der Waals surface area contributed by atoms with Gasteiger partial charge >= 0.3 is 5.97 Å². The Morgan fingerprint density at radius 1 is 1.08 bits per heavy atom. The highest BCUT2D eigenvalue weighted by atomic mass is 32.2. The van der Waals surface area contributed by atoms with Crippen molar-refractivity contribution in [3.05, 3.63) is 59.7 Å². The number of rotatable bonds is 8. The summed E-state index contributed by atoms with van der Waals surface area (Å²) < 4.78 is 10.2. The van der Waals surface area contributed by atoms with E-state index in [4.69, 9.17) is 9.47 Å². The molecule has 0 bridgehead atoms. The highest BCUT2D eigenvalue weighted by Gasteiger charge is 2.13. The van der Waals surface area contributed by atoms with Gasteiger partial charge in [-0.2, -0.15) is 0 Å². The fourth-order valence-corrected chi connectivity index (χ4v) is 2.80. The minimum atomic E-state index is -0.491. The Morgan fingerprint density at radius 3 is 2.48 bits per heavy atom. The molecule has 0 atom stereocenters. The van der Waals surface area contributed by atoms with Crippen LogP contribution in [0, 0.1) is 0 Å². The molecule has 1 N–H and O–H groups in total. The van der Waals surface area contributed by atoms with Gasteiger partial charge in [0.25, 0.3) is 5.91 Å². The lowest BCUT2D eigenvalue weighted by Gasteiger charge is -2.09. The van der Waals surface area contributed by atoms with Gasteiger partial charge in [-0.1, -0.05) is 24.3 Å². The van der Waals surface area contributed by atoms with E-state index < -0.39 is 5.97 Å². The van der Waals surface area contributed by atoms with Crippen LogP contribution in [0.2, 0.25) is 0 Å². The summed E-state index contributed by atoms with van der Waals surface area (Å²) in [7, 11) is 1.62. The summed E-state index contributed by atoms with van der Waals surface area (Å²) in [6.07, 6.45) is 2.58. The predicted molar refractivity (Wildman–Crippen MR) is 98.2 cm³/mol. The molecule has 132 valence electrons. The fourth-order valence-electron chi connectivity index (χ4n) is 2.21. The van der Waals surface area contributed by atoms with Crippen LogP contribution in [0.4, 0.5) is 0 Å². The zero-order chi connectivity index (χ0) is 18.1. The molecule has 0 spiro atoms. The van der Waals surface area contributed by atoms with Crippen molar-refractivity contribution in [3.63, 3.8) is 0 Å². The Labute approximate surface area is 151 Å². The van der Waals surface area contributed by atoms with Crippen LogP contribution in [0.15, 0.2) is 53.4 Å². The Bertz CT molecular complexity index is 716. The van der Waals surface area contributed by atoms with E-state index in [0.29, 0.717) is 18.5 Å². The molecule has 25 heavy (non-hydrogen) atoms. The molecule has 0 aromatic heterocycles. The molecule has 0 unspecified atom stereocenters. The van der Waals surface area contributed by atoms with Gasteiger partial charge in [0.05, 0.1) is 12.7 Å². The zero-order valence-corrected chi connectivity index (χ0v) is 15.1. The topological polar surface area (TPSA) is 64.6 Å². The number of methoxy groups -OCH3 is 1. The quantitative estimate of drug-likeness (QED) is 0.580. The number of amides is 1. The first-order valence-corrected chi connectivity index (χ1v) is 9.06. The summed E-state index contributed by atoms with van der Waals surface area (Å²) in [5.74, 6) is -0.0102. The van der Waals surface area contributed by atoms with Crippen LogP contribution in [0.25, 0.3) is 0 Å². The van der Waals surface area contributed by atoms with Crippen molar-refractivity contribution >= 4 is 23.6 Å². The molecule has 0 fully saturated rings. The Hall–Kier alpha value is -2.47. The molecule has 2 aromatic rings. The minimum Gasteiger partial charge on any atom is -0.497 e. The highest BCUT2D eigenvalue weighted by Crippen LogP contribution is 2.20. The van der Waals surface area contributed by atoms with E-state index >= 15 is 0 Å². The van der Waals surface area contributed by atoms with E-state index in [0.717, 1.165) is 16.2 Å². The third-order valence-electron chi connectivity index (χ3n) is 3.56. The largest absolute Gasteiger partial charge is 0.497 e. The van der Waals surface area contributed by atoms with Crippen molar-refractivity contribution < 1.29 is 19.1 Å². The van der Waals surface area contributed by atoms with E-state index in [2.05, 4.69) is 5.32 Å². The van der Waals surface area contributed by atoms with E-state index in [1.165, 1.54) is 11.8 Å². The van der Waals surface area contributed by atoms with Gasteiger partial charge in [0, 0.05) is 11.4 Å². The number of hydrogen-bond donors (Lipinski definition) is 1. The van der Waals surface area contributed by atoms with Crippen molar-refractivity contribution in [1.82, 2.24) is 5.32 Å². The smallest absolute Gasteiger partial charge is 0.339 e. The molecule has 0 aliphatic carbocycles. The standard InChI is InChI=1S/C19H21NO4S/c1-23-15-9-7-14(8-10-15)11-12-20-18(21)13-24-19(22)16-5-3-4-6-17(16)25-2/h3-10H,11-13H2,1-2H3,(H,20,21). The summed E-state index contributed by atoms with van der Waals surface area (Å²) >= 11 is 1.46. The molecule has 2 aromatic carbocycles. The lowest BCUT2D eigenvalue weighted by molar-refractivity contribution is -0.124. The van der Waals surface area contributed by atoms with Crippen molar-refractivity contribution in [2.24, 2.45) is 0 Å². The maximum absolute atomic E-state index is 12.1. The number of esters is 1. The predicted octanol–water partition coefficient (Wildman–Crippen LogP) is 2.93. The van der Waals surface area contributed by atoms with E-state index in [1.807, 2.05) is 42.7 Å². The van der Waals surface area contributed by atoms with E-state index in [-0.39, 0.29) is 12.5 Å². The molecule has 5 nitrogen and oxygen atoms in total. The van der Waals surface area contributed by atoms with Crippen LogP contribution in [0.5, 0.6) is 5.75 Å². The molecule has 0 radical (unpaired) electrons. The second kappa shape index (κ2) is 9.74. The van der Waals surface area contributed by atoms with Crippen LogP contribution in [-0.2, 0) is 16.0 Å². The molecule has 6 heteroatoms. The Kier molecular flexibility index (Phi) is 7.35. The van der Waals surface area contributed by atoms with Gasteiger partial charge in [0.2, 0.25) is 0 Å². The average Bonchev–Trinajstić information content (AvgIpc) is 2.66. The summed E-state index contributed by atoms with van der Waals surface area (Å²) in [6, 6.07) is 14.8. The van der Waals surface area contributed by atoms with Crippen molar-refractivity contribution in [2.75, 3.05) is 26.5 Å². The molecule has 0 saturated heterocycles. The third kappa shape index (κ3) is 5.83. The molecular weight excluding hydrogens is 338 g/mol. The monoisotopic (exact) mass is 359 g/mol. The zero-order valence-electron chi connectivity index (χ0n) is 14.3. The number of ether oxygens (including phenoxy) is 2. The number of carbonyl (C=O) groups excluding carboxylic acids is 2. The molecular formula is C19H21NO4S. The molecule has 1 amide bonds. The van der Waals surface area contributed by atoms with Gasteiger partial charge in [-0.25, -0.2) is 4.79 Å². The second-order valence-electron chi connectivity index (χ2n) is 5.22. The lowest BCUT2D eigenvalue weighted by Crippen LogP contribution is -2.30. The van der Waals surface area contributed by atoms with Gasteiger partial charge in [-0.05, 0) is 42.5 Å². The van der Waals surface area contributed by atoms with Crippen molar-refractivity contribution in [3.8, 4) is 5.75 Å². The molecule has 0 aliphatic rings. The summed E-state index contributed by atoms with van der Waals surface area (Å²) in [5.41, 5.74) is 1.56. The molecule has 0 heterocycles. The molecule has 2 rings (SSSR count). The van der Waals surface area contributed by atoms with Gasteiger partial charge < -0.3 is 14.8 Å². The first-order chi connectivity index (χ1) is 12.1. The normalized spacial score (nSPS) is 10.2. The minimum absolute atomic E-state index is 0.288. The first-order valence-electron chi connectivity index (χ1n) is 7.84. The van der Waals surface area contributed by atoms with Crippen LogP contribution in [0.1, 0.15) is 15.9 Å². The van der Waals surface area contributed by atoms with Gasteiger partial charge in [-0.3, -0.25) is 4.79 Å². The third-order valence-corrected chi connectivity index (χ3v) is 4.35. The molecule has 0 aliphatic heterocycles. The van der Waals surface area contributed by atoms with Crippen molar-refractivity contribution in [2.45, 2.75) is 11.3 Å². The SMILES string of the molecule is COc1ccc(CCNC(=O)COC(=O)c2ccccc2SC)cc1. The average molecular weight is 359 g/mol. The number of benzene rings is 2. The number of nitrogens with one attached hydrogen (secondary N) is 1. The maximum atomic E-state index is 12.1. The lowest BCUT2D eigenvalue weighted by atomic mass is 10.1. The highest BCUT2D eigenvalue weighted by molar-refractivity contribution is 7.98. The summed E-state index contributed by atoms with van der Waals surface area (Å²) in [6.45, 7) is 0.189. The number of thioether (sulfide) groups is 1. The van der Waals surface area contributed by atoms with Crippen LogP contribution >= 0.6 is 11.8 Å². The maximum Gasteiger partial charge on any atom is 0.339 e. The number of carbonyl (C=O) groups is 2. The number of hydrogen-bond acceptors (Lipinski definition) is 5.